The van der Waals surface area contributed by atoms with Crippen LogP contribution in [0, 0.1) is 0 Å². The maximum absolute atomic E-state index is 11.6. The van der Waals surface area contributed by atoms with Crippen molar-refractivity contribution in [1.82, 2.24) is 4.90 Å². The van der Waals surface area contributed by atoms with E-state index in [1.807, 2.05) is 4.72 Å². The molecule has 6 nitrogen and oxygen atoms in total. The highest BCUT2D eigenvalue weighted by molar-refractivity contribution is 7.90. The fraction of sp³-hybridized carbons (Fsp3) is 0.222. The second-order valence-electron chi connectivity index (χ2n) is 3.54. The number of nitrogens with zero attached hydrogens (tertiary/aromatic N) is 1. The highest BCUT2D eigenvalue weighted by atomic mass is 35.5. The summed E-state index contributed by atoms with van der Waals surface area (Å²) in [5, 5.41) is 4.99. The number of hydrogen-bond donors (Lipinski definition) is 2. The molecule has 17 heavy (non-hydrogen) atoms. The number of carbonyl (C=O) groups excluding carboxylic acids is 1. The topological polar surface area (TPSA) is 92.5 Å². The van der Waals surface area contributed by atoms with Crippen LogP contribution in [0.5, 0.6) is 0 Å². The van der Waals surface area contributed by atoms with Gasteiger partial charge in [-0.15, -0.1) is 0 Å². The molecule has 0 fully saturated rings. The molecule has 1 aromatic rings. The molecule has 3 N–H and O–H groups in total. The standard InChI is InChI=1S/C9H12ClN3O3S/c1-13(2)9(14)6-3-4-7(10)8(5-6)12-17(11,15)16/h3-5,12H,1-2H3,(H2,11,15,16). The van der Waals surface area contributed by atoms with Crippen LogP contribution in [-0.2, 0) is 10.2 Å². The van der Waals surface area contributed by atoms with Crippen molar-refractivity contribution in [3.63, 3.8) is 0 Å². The fourth-order valence-electron chi connectivity index (χ4n) is 1.15. The summed E-state index contributed by atoms with van der Waals surface area (Å²) >= 11 is 5.78. The SMILES string of the molecule is CN(C)C(=O)c1ccc(Cl)c(NS(N)(=O)=O)c1. The third-order valence-electron chi connectivity index (χ3n) is 1.87. The summed E-state index contributed by atoms with van der Waals surface area (Å²) in [4.78, 5) is 13.0. The molecule has 1 amide bonds. The van der Waals surface area contributed by atoms with Gasteiger partial charge >= 0.3 is 0 Å². The number of halogens is 1. The summed E-state index contributed by atoms with van der Waals surface area (Å²) in [5.41, 5.74) is 0.382. The van der Waals surface area contributed by atoms with Crippen LogP contribution in [0.15, 0.2) is 18.2 Å². The maximum Gasteiger partial charge on any atom is 0.296 e. The Kier molecular flexibility index (Phi) is 3.97. The van der Waals surface area contributed by atoms with Crippen LogP contribution < -0.4 is 9.86 Å². The fourth-order valence-corrected chi connectivity index (χ4v) is 1.84. The lowest BCUT2D eigenvalue weighted by Crippen LogP contribution is -2.24. The van der Waals surface area contributed by atoms with Gasteiger partial charge < -0.3 is 4.90 Å². The Morgan fingerprint density at radius 3 is 2.47 bits per heavy atom. The minimum atomic E-state index is -3.92. The van der Waals surface area contributed by atoms with Gasteiger partial charge in [-0.3, -0.25) is 9.52 Å². The van der Waals surface area contributed by atoms with E-state index in [0.717, 1.165) is 0 Å². The van der Waals surface area contributed by atoms with E-state index in [9.17, 15) is 13.2 Å². The molecule has 0 aliphatic rings. The van der Waals surface area contributed by atoms with Gasteiger partial charge in [-0.05, 0) is 18.2 Å². The first kappa shape index (κ1) is 13.8. The van der Waals surface area contributed by atoms with Crippen LogP contribution in [0.25, 0.3) is 0 Å². The average molecular weight is 278 g/mol. The van der Waals surface area contributed by atoms with Crippen LogP contribution >= 0.6 is 11.6 Å². The second-order valence-corrected chi connectivity index (χ2v) is 5.24. The number of amides is 1. The number of anilines is 1. The first-order valence-electron chi connectivity index (χ1n) is 4.52. The highest BCUT2D eigenvalue weighted by Gasteiger charge is 2.12. The van der Waals surface area contributed by atoms with Gasteiger partial charge in [0.1, 0.15) is 0 Å². The van der Waals surface area contributed by atoms with Crippen LogP contribution in [0.2, 0.25) is 5.02 Å². The Labute approximate surface area is 105 Å². The van der Waals surface area contributed by atoms with Gasteiger partial charge in [0.2, 0.25) is 0 Å². The molecule has 0 aromatic heterocycles. The lowest BCUT2D eigenvalue weighted by Gasteiger charge is -2.12. The van der Waals surface area contributed by atoms with Crippen molar-refractivity contribution >= 4 is 33.4 Å². The Morgan fingerprint density at radius 2 is 2.00 bits per heavy atom. The molecule has 8 heteroatoms. The number of benzene rings is 1. The summed E-state index contributed by atoms with van der Waals surface area (Å²) < 4.78 is 23.8. The lowest BCUT2D eigenvalue weighted by molar-refractivity contribution is 0.0827. The predicted molar refractivity (Wildman–Crippen MR) is 66.2 cm³/mol. The summed E-state index contributed by atoms with van der Waals surface area (Å²) in [6.07, 6.45) is 0. The molecule has 0 heterocycles. The van der Waals surface area contributed by atoms with E-state index in [-0.39, 0.29) is 16.6 Å². The quantitative estimate of drug-likeness (QED) is 0.850. The van der Waals surface area contributed by atoms with Crippen molar-refractivity contribution in [2.75, 3.05) is 18.8 Å². The van der Waals surface area contributed by atoms with Gasteiger partial charge in [-0.1, -0.05) is 11.6 Å². The maximum atomic E-state index is 11.6. The highest BCUT2D eigenvalue weighted by Crippen LogP contribution is 2.24. The third kappa shape index (κ3) is 3.88. The molecular weight excluding hydrogens is 266 g/mol. The molecule has 0 saturated heterocycles. The zero-order valence-electron chi connectivity index (χ0n) is 9.27. The van der Waals surface area contributed by atoms with Crippen LogP contribution in [0.4, 0.5) is 5.69 Å². The second kappa shape index (κ2) is 4.91. The van der Waals surface area contributed by atoms with Crippen molar-refractivity contribution in [3.8, 4) is 0 Å². The molecule has 0 unspecified atom stereocenters. The van der Waals surface area contributed by atoms with Crippen molar-refractivity contribution in [1.29, 1.82) is 0 Å². The van der Waals surface area contributed by atoms with E-state index in [2.05, 4.69) is 0 Å². The smallest absolute Gasteiger partial charge is 0.296 e. The van der Waals surface area contributed by atoms with E-state index in [4.69, 9.17) is 16.7 Å². The van der Waals surface area contributed by atoms with Gasteiger partial charge in [0, 0.05) is 19.7 Å². The minimum absolute atomic E-state index is 0.0712. The van der Waals surface area contributed by atoms with Crippen molar-refractivity contribution in [2.24, 2.45) is 5.14 Å². The summed E-state index contributed by atoms with van der Waals surface area (Å²) in [6.45, 7) is 0. The van der Waals surface area contributed by atoms with E-state index < -0.39 is 10.2 Å². The monoisotopic (exact) mass is 277 g/mol. The summed E-state index contributed by atoms with van der Waals surface area (Å²) in [5.74, 6) is -0.265. The largest absolute Gasteiger partial charge is 0.345 e. The molecule has 0 atom stereocenters. The molecule has 0 saturated carbocycles. The average Bonchev–Trinajstić information content (AvgIpc) is 2.18. The van der Waals surface area contributed by atoms with Crippen LogP contribution in [0.3, 0.4) is 0 Å². The lowest BCUT2D eigenvalue weighted by atomic mass is 10.2. The zero-order valence-corrected chi connectivity index (χ0v) is 10.8. The number of nitrogens with one attached hydrogen (secondary N) is 1. The number of carbonyl (C=O) groups is 1. The Hall–Kier alpha value is -1.31. The molecule has 94 valence electrons. The van der Waals surface area contributed by atoms with Gasteiger partial charge in [0.25, 0.3) is 16.1 Å². The Morgan fingerprint density at radius 1 is 1.41 bits per heavy atom. The number of rotatable bonds is 3. The van der Waals surface area contributed by atoms with Gasteiger partial charge in [-0.2, -0.15) is 8.42 Å². The van der Waals surface area contributed by atoms with E-state index in [0.29, 0.717) is 5.56 Å². The number of hydrogen-bond acceptors (Lipinski definition) is 3. The van der Waals surface area contributed by atoms with Crippen LogP contribution in [-0.4, -0.2) is 33.3 Å². The van der Waals surface area contributed by atoms with Crippen molar-refractivity contribution in [3.05, 3.63) is 28.8 Å². The van der Waals surface area contributed by atoms with Crippen molar-refractivity contribution in [2.45, 2.75) is 0 Å². The molecule has 1 aromatic carbocycles. The number of nitrogens with two attached hydrogens (primary N) is 1. The van der Waals surface area contributed by atoms with E-state index in [1.54, 1.807) is 14.1 Å². The summed E-state index contributed by atoms with van der Waals surface area (Å²) in [6, 6.07) is 4.25. The Bertz CT molecular complexity index is 542. The normalized spacial score (nSPS) is 11.1. The minimum Gasteiger partial charge on any atom is -0.345 e. The molecule has 0 radical (unpaired) electrons. The Balaban J connectivity index is 3.15. The van der Waals surface area contributed by atoms with Gasteiger partial charge in [0.05, 0.1) is 10.7 Å². The van der Waals surface area contributed by atoms with Crippen LogP contribution in [0.1, 0.15) is 10.4 Å². The van der Waals surface area contributed by atoms with Crippen molar-refractivity contribution < 1.29 is 13.2 Å². The zero-order chi connectivity index (χ0) is 13.2. The third-order valence-corrected chi connectivity index (χ3v) is 2.71. The molecule has 0 bridgehead atoms. The summed E-state index contributed by atoms with van der Waals surface area (Å²) in [7, 11) is -0.748. The van der Waals surface area contributed by atoms with Gasteiger partial charge in [-0.25, -0.2) is 5.14 Å². The first-order valence-corrected chi connectivity index (χ1v) is 6.45. The molecular formula is C9H12ClN3O3S. The van der Waals surface area contributed by atoms with E-state index >= 15 is 0 Å². The van der Waals surface area contributed by atoms with Gasteiger partial charge in [0.15, 0.2) is 0 Å². The molecule has 1 rings (SSSR count). The predicted octanol–water partition coefficient (Wildman–Crippen LogP) is 0.657. The molecule has 0 spiro atoms. The first-order chi connectivity index (χ1) is 7.70. The molecule has 0 aliphatic heterocycles. The van der Waals surface area contributed by atoms with E-state index in [1.165, 1.54) is 23.1 Å². The molecule has 0 aliphatic carbocycles.